The summed E-state index contributed by atoms with van der Waals surface area (Å²) in [6, 6.07) is 27.7. The number of amides is 2. The third-order valence-corrected chi connectivity index (χ3v) is 7.13. The Bertz CT molecular complexity index is 1720. The number of hydrogen-bond donors (Lipinski definition) is 2. The van der Waals surface area contributed by atoms with Gasteiger partial charge in [0.25, 0.3) is 11.8 Å². The first-order valence-corrected chi connectivity index (χ1v) is 15.2. The molecule has 46 heavy (non-hydrogen) atoms. The zero-order valence-corrected chi connectivity index (χ0v) is 26.6. The standard InChI is InChI=1S/C36H35ClN4O5/c1-4-41(5-2)28-19-16-25(17-20-28)22-31(39-34(42)27-12-8-7-9-13-27)35(43)40-38-24-26-18-21-32(33(23-26)45-6-3)46-36(44)29-14-10-11-15-30(29)37/h7-24H,4-6H2,1-3H3,(H,39,42)(H,40,43). The van der Waals surface area contributed by atoms with Crippen LogP contribution in [0.5, 0.6) is 11.5 Å². The van der Waals surface area contributed by atoms with Gasteiger partial charge in [0.2, 0.25) is 0 Å². The van der Waals surface area contributed by atoms with E-state index < -0.39 is 17.8 Å². The molecule has 10 heteroatoms. The predicted molar refractivity (Wildman–Crippen MR) is 182 cm³/mol. The molecule has 2 N–H and O–H groups in total. The minimum absolute atomic E-state index is 0.0124. The lowest BCUT2D eigenvalue weighted by molar-refractivity contribution is -0.117. The number of carbonyl (C=O) groups excluding carboxylic acids is 3. The molecule has 4 rings (SSSR count). The van der Waals surface area contributed by atoms with E-state index in [9.17, 15) is 14.4 Å². The van der Waals surface area contributed by atoms with Gasteiger partial charge in [-0.25, -0.2) is 10.2 Å². The van der Waals surface area contributed by atoms with Crippen molar-refractivity contribution in [3.8, 4) is 11.5 Å². The average Bonchev–Trinajstić information content (AvgIpc) is 3.07. The fourth-order valence-corrected chi connectivity index (χ4v) is 4.66. The van der Waals surface area contributed by atoms with Gasteiger partial charge in [-0.05, 0) is 92.6 Å². The van der Waals surface area contributed by atoms with Gasteiger partial charge in [-0.3, -0.25) is 9.59 Å². The van der Waals surface area contributed by atoms with Gasteiger partial charge in [-0.15, -0.1) is 0 Å². The van der Waals surface area contributed by atoms with Crippen LogP contribution in [0.2, 0.25) is 5.02 Å². The second-order valence-electron chi connectivity index (χ2n) is 9.85. The number of nitrogens with zero attached hydrogens (tertiary/aromatic N) is 2. The number of anilines is 1. The van der Waals surface area contributed by atoms with Crippen LogP contribution in [0, 0.1) is 0 Å². The minimum atomic E-state index is -0.625. The highest BCUT2D eigenvalue weighted by Gasteiger charge is 2.17. The lowest BCUT2D eigenvalue weighted by Crippen LogP contribution is -2.32. The summed E-state index contributed by atoms with van der Waals surface area (Å²) in [6.45, 7) is 8.03. The van der Waals surface area contributed by atoms with Gasteiger partial charge in [0.05, 0.1) is 23.4 Å². The van der Waals surface area contributed by atoms with Gasteiger partial charge in [0.15, 0.2) is 11.5 Å². The molecule has 0 radical (unpaired) electrons. The Kier molecular flexibility index (Phi) is 12.1. The molecular formula is C36H35ClN4O5. The minimum Gasteiger partial charge on any atom is -0.490 e. The van der Waals surface area contributed by atoms with Crippen LogP contribution in [0.3, 0.4) is 0 Å². The smallest absolute Gasteiger partial charge is 0.345 e. The van der Waals surface area contributed by atoms with E-state index in [1.807, 2.05) is 24.3 Å². The molecular weight excluding hydrogens is 604 g/mol. The number of carbonyl (C=O) groups is 3. The summed E-state index contributed by atoms with van der Waals surface area (Å²) >= 11 is 6.14. The fourth-order valence-electron chi connectivity index (χ4n) is 4.44. The number of hydrogen-bond acceptors (Lipinski definition) is 7. The summed E-state index contributed by atoms with van der Waals surface area (Å²) < 4.78 is 11.2. The highest BCUT2D eigenvalue weighted by Crippen LogP contribution is 2.29. The maximum atomic E-state index is 13.3. The number of hydrazone groups is 1. The third-order valence-electron chi connectivity index (χ3n) is 6.81. The van der Waals surface area contributed by atoms with Gasteiger partial charge in [0.1, 0.15) is 5.70 Å². The Morgan fingerprint density at radius 2 is 1.50 bits per heavy atom. The SMILES string of the molecule is CCOc1cc(C=NNC(=O)C(=Cc2ccc(N(CC)CC)cc2)NC(=O)c2ccccc2)ccc1OC(=O)c1ccccc1Cl. The van der Waals surface area contributed by atoms with Crippen molar-refractivity contribution in [3.63, 3.8) is 0 Å². The number of rotatable bonds is 13. The summed E-state index contributed by atoms with van der Waals surface area (Å²) in [4.78, 5) is 41.1. The molecule has 0 aliphatic carbocycles. The first-order chi connectivity index (χ1) is 22.3. The van der Waals surface area contributed by atoms with Crippen LogP contribution in [-0.2, 0) is 4.79 Å². The molecule has 0 bridgehead atoms. The van der Waals surface area contributed by atoms with E-state index in [4.69, 9.17) is 21.1 Å². The first kappa shape index (κ1) is 33.5. The maximum absolute atomic E-state index is 13.3. The van der Waals surface area contributed by atoms with Crippen LogP contribution in [0.15, 0.2) is 108 Å². The second-order valence-corrected chi connectivity index (χ2v) is 10.3. The van der Waals surface area contributed by atoms with Crippen molar-refractivity contribution in [2.24, 2.45) is 5.10 Å². The highest BCUT2D eigenvalue weighted by atomic mass is 35.5. The van der Waals surface area contributed by atoms with E-state index >= 15 is 0 Å². The van der Waals surface area contributed by atoms with Gasteiger partial charge < -0.3 is 19.7 Å². The van der Waals surface area contributed by atoms with Gasteiger partial charge in [0, 0.05) is 24.3 Å². The summed E-state index contributed by atoms with van der Waals surface area (Å²) in [5.74, 6) is -1.17. The van der Waals surface area contributed by atoms with E-state index in [1.165, 1.54) is 6.21 Å². The molecule has 0 saturated carbocycles. The van der Waals surface area contributed by atoms with Crippen LogP contribution in [0.1, 0.15) is 52.6 Å². The molecule has 236 valence electrons. The van der Waals surface area contributed by atoms with Crippen LogP contribution in [0.4, 0.5) is 5.69 Å². The van der Waals surface area contributed by atoms with E-state index in [0.29, 0.717) is 23.5 Å². The predicted octanol–water partition coefficient (Wildman–Crippen LogP) is 6.73. The summed E-state index contributed by atoms with van der Waals surface area (Å²) in [7, 11) is 0. The normalized spacial score (nSPS) is 11.2. The number of esters is 1. The van der Waals surface area contributed by atoms with E-state index in [0.717, 1.165) is 24.3 Å². The van der Waals surface area contributed by atoms with Crippen molar-refractivity contribution in [2.75, 3.05) is 24.6 Å². The molecule has 4 aromatic carbocycles. The van der Waals surface area contributed by atoms with Gasteiger partial charge in [-0.2, -0.15) is 5.10 Å². The molecule has 2 amide bonds. The summed E-state index contributed by atoms with van der Waals surface area (Å²) in [5.41, 5.74) is 5.46. The van der Waals surface area contributed by atoms with E-state index in [1.54, 1.807) is 85.8 Å². The molecule has 0 saturated heterocycles. The van der Waals surface area contributed by atoms with Crippen molar-refractivity contribution >= 4 is 47.4 Å². The topological polar surface area (TPSA) is 109 Å². The highest BCUT2D eigenvalue weighted by molar-refractivity contribution is 6.33. The van der Waals surface area contributed by atoms with Gasteiger partial charge in [-0.1, -0.05) is 54.1 Å². The maximum Gasteiger partial charge on any atom is 0.345 e. The van der Waals surface area contributed by atoms with Crippen LogP contribution in [0.25, 0.3) is 6.08 Å². The largest absolute Gasteiger partial charge is 0.490 e. The van der Waals surface area contributed by atoms with Crippen molar-refractivity contribution in [2.45, 2.75) is 20.8 Å². The molecule has 4 aromatic rings. The van der Waals surface area contributed by atoms with Crippen LogP contribution < -0.4 is 25.1 Å². The molecule has 0 fully saturated rings. The molecule has 9 nitrogen and oxygen atoms in total. The van der Waals surface area contributed by atoms with E-state index in [-0.39, 0.29) is 22.0 Å². The quantitative estimate of drug-likeness (QED) is 0.0553. The average molecular weight is 639 g/mol. The number of ether oxygens (including phenoxy) is 2. The Balaban J connectivity index is 1.52. The molecule has 0 unspecified atom stereocenters. The zero-order chi connectivity index (χ0) is 32.9. The Morgan fingerprint density at radius 1 is 0.826 bits per heavy atom. The molecule has 0 heterocycles. The first-order valence-electron chi connectivity index (χ1n) is 14.8. The van der Waals surface area contributed by atoms with Crippen molar-refractivity contribution < 1.29 is 23.9 Å². The van der Waals surface area contributed by atoms with Crippen LogP contribution >= 0.6 is 11.6 Å². The Morgan fingerprint density at radius 3 is 2.17 bits per heavy atom. The van der Waals surface area contributed by atoms with E-state index in [2.05, 4.69) is 34.6 Å². The molecule has 0 aliphatic heterocycles. The molecule has 0 aliphatic rings. The monoisotopic (exact) mass is 638 g/mol. The number of halogens is 1. The van der Waals surface area contributed by atoms with Crippen molar-refractivity contribution in [1.29, 1.82) is 0 Å². The lowest BCUT2D eigenvalue weighted by atomic mass is 10.1. The number of benzene rings is 4. The summed E-state index contributed by atoms with van der Waals surface area (Å²) in [6.07, 6.45) is 3.00. The molecule has 0 atom stereocenters. The summed E-state index contributed by atoms with van der Waals surface area (Å²) in [5, 5.41) is 7.07. The van der Waals surface area contributed by atoms with Gasteiger partial charge >= 0.3 is 5.97 Å². The molecule has 0 aromatic heterocycles. The Hall–Kier alpha value is -5.41. The second kappa shape index (κ2) is 16.6. The number of nitrogens with one attached hydrogen (secondary N) is 2. The lowest BCUT2D eigenvalue weighted by Gasteiger charge is -2.21. The molecule has 0 spiro atoms. The van der Waals surface area contributed by atoms with Crippen molar-refractivity contribution in [1.82, 2.24) is 10.7 Å². The zero-order valence-electron chi connectivity index (χ0n) is 25.8. The third kappa shape index (κ3) is 9.06. The van der Waals surface area contributed by atoms with Crippen LogP contribution in [-0.4, -0.2) is 43.7 Å². The fraction of sp³-hybridized carbons (Fsp3) is 0.167. The van der Waals surface area contributed by atoms with Crippen molar-refractivity contribution in [3.05, 3.63) is 130 Å². The Labute approximate surface area is 273 Å².